The highest BCUT2D eigenvalue weighted by molar-refractivity contribution is 6.30. The SMILES string of the molecule is Cc1ccc(CNC(=O)CCl)c(-n2cc(Cl)cn2)n1. The summed E-state index contributed by atoms with van der Waals surface area (Å²) in [6.45, 7) is 2.22. The fourth-order valence-electron chi connectivity index (χ4n) is 1.57. The number of hydrogen-bond donors (Lipinski definition) is 1. The van der Waals surface area contributed by atoms with Crippen LogP contribution in [0.3, 0.4) is 0 Å². The van der Waals surface area contributed by atoms with Gasteiger partial charge in [0.25, 0.3) is 0 Å². The number of carbonyl (C=O) groups is 1. The number of carbonyl (C=O) groups excluding carboxylic acids is 1. The molecule has 2 aromatic rings. The molecule has 2 aromatic heterocycles. The van der Waals surface area contributed by atoms with Crippen LogP contribution in [0, 0.1) is 6.92 Å². The standard InChI is InChI=1S/C12H12Cl2N4O/c1-8-2-3-9(5-15-11(19)4-13)12(17-8)18-7-10(14)6-16-18/h2-3,6-7H,4-5H2,1H3,(H,15,19). The second kappa shape index (κ2) is 6.04. The number of hydrogen-bond acceptors (Lipinski definition) is 3. The van der Waals surface area contributed by atoms with E-state index in [-0.39, 0.29) is 11.8 Å². The zero-order valence-corrected chi connectivity index (χ0v) is 11.7. The number of halogens is 2. The van der Waals surface area contributed by atoms with E-state index >= 15 is 0 Å². The van der Waals surface area contributed by atoms with Crippen LogP contribution in [-0.2, 0) is 11.3 Å². The van der Waals surface area contributed by atoms with Crippen LogP contribution in [0.5, 0.6) is 0 Å². The van der Waals surface area contributed by atoms with Crippen LogP contribution >= 0.6 is 23.2 Å². The van der Waals surface area contributed by atoms with E-state index in [1.165, 1.54) is 6.20 Å². The molecule has 1 amide bonds. The van der Waals surface area contributed by atoms with Crippen molar-refractivity contribution < 1.29 is 4.79 Å². The van der Waals surface area contributed by atoms with Crippen molar-refractivity contribution in [3.63, 3.8) is 0 Å². The molecule has 0 atom stereocenters. The Bertz CT molecular complexity index is 597. The molecule has 2 heterocycles. The molecule has 0 aliphatic rings. The lowest BCUT2D eigenvalue weighted by Crippen LogP contribution is -2.24. The second-order valence-electron chi connectivity index (χ2n) is 3.95. The predicted molar refractivity (Wildman–Crippen MR) is 73.7 cm³/mol. The van der Waals surface area contributed by atoms with Crippen LogP contribution < -0.4 is 5.32 Å². The maximum absolute atomic E-state index is 11.2. The van der Waals surface area contributed by atoms with Crippen LogP contribution in [0.1, 0.15) is 11.3 Å². The molecule has 1 N–H and O–H groups in total. The Hall–Kier alpha value is -1.59. The minimum Gasteiger partial charge on any atom is -0.351 e. The summed E-state index contributed by atoms with van der Waals surface area (Å²) < 4.78 is 1.58. The molecule has 0 aromatic carbocycles. The molecule has 5 nitrogen and oxygen atoms in total. The number of aromatic nitrogens is 3. The number of amides is 1. The smallest absolute Gasteiger partial charge is 0.235 e. The summed E-state index contributed by atoms with van der Waals surface area (Å²) in [6.07, 6.45) is 3.20. The Labute approximate surface area is 120 Å². The molecule has 0 saturated heterocycles. The van der Waals surface area contributed by atoms with E-state index in [0.717, 1.165) is 11.3 Å². The Balaban J connectivity index is 2.30. The van der Waals surface area contributed by atoms with Crippen molar-refractivity contribution in [3.05, 3.63) is 40.8 Å². The van der Waals surface area contributed by atoms with Gasteiger partial charge in [-0.15, -0.1) is 11.6 Å². The molecule has 0 aliphatic heterocycles. The molecule has 0 fully saturated rings. The topological polar surface area (TPSA) is 59.8 Å². The number of nitrogens with one attached hydrogen (secondary N) is 1. The van der Waals surface area contributed by atoms with E-state index in [9.17, 15) is 4.79 Å². The number of nitrogens with zero attached hydrogens (tertiary/aromatic N) is 3. The first-order valence-corrected chi connectivity index (χ1v) is 6.51. The van der Waals surface area contributed by atoms with Gasteiger partial charge in [0.15, 0.2) is 5.82 Å². The highest BCUT2D eigenvalue weighted by atomic mass is 35.5. The van der Waals surface area contributed by atoms with Gasteiger partial charge in [0.2, 0.25) is 5.91 Å². The lowest BCUT2D eigenvalue weighted by Gasteiger charge is -2.10. The van der Waals surface area contributed by atoms with Crippen LogP contribution in [0.25, 0.3) is 5.82 Å². The average Bonchev–Trinajstić information content (AvgIpc) is 2.83. The molecule has 0 bridgehead atoms. The summed E-state index contributed by atoms with van der Waals surface area (Å²) in [5.41, 5.74) is 1.69. The third kappa shape index (κ3) is 3.45. The molecule has 19 heavy (non-hydrogen) atoms. The maximum Gasteiger partial charge on any atom is 0.235 e. The molecule has 2 rings (SSSR count). The summed E-state index contributed by atoms with van der Waals surface area (Å²) in [5, 5.41) is 7.35. The molecular formula is C12H12Cl2N4O. The number of pyridine rings is 1. The number of aryl methyl sites for hydroxylation is 1. The molecule has 0 spiro atoms. The van der Waals surface area contributed by atoms with Gasteiger partial charge >= 0.3 is 0 Å². The van der Waals surface area contributed by atoms with Crippen molar-refractivity contribution in [3.8, 4) is 5.82 Å². The normalized spacial score (nSPS) is 10.5. The van der Waals surface area contributed by atoms with Crippen LogP contribution in [0.4, 0.5) is 0 Å². The van der Waals surface area contributed by atoms with Crippen LogP contribution in [0.2, 0.25) is 5.02 Å². The van der Waals surface area contributed by atoms with E-state index in [1.807, 2.05) is 19.1 Å². The number of alkyl halides is 1. The van der Waals surface area contributed by atoms with E-state index in [1.54, 1.807) is 10.9 Å². The zero-order chi connectivity index (χ0) is 13.8. The van der Waals surface area contributed by atoms with Crippen molar-refractivity contribution in [2.45, 2.75) is 13.5 Å². The highest BCUT2D eigenvalue weighted by Crippen LogP contribution is 2.15. The summed E-state index contributed by atoms with van der Waals surface area (Å²) in [7, 11) is 0. The summed E-state index contributed by atoms with van der Waals surface area (Å²) >= 11 is 11.3. The quantitative estimate of drug-likeness (QED) is 0.879. The molecule has 7 heteroatoms. The van der Waals surface area contributed by atoms with Crippen molar-refractivity contribution in [1.82, 2.24) is 20.1 Å². The molecular weight excluding hydrogens is 287 g/mol. The van der Waals surface area contributed by atoms with Gasteiger partial charge in [0.05, 0.1) is 17.4 Å². The number of rotatable bonds is 4. The van der Waals surface area contributed by atoms with Gasteiger partial charge in [-0.25, -0.2) is 9.67 Å². The highest BCUT2D eigenvalue weighted by Gasteiger charge is 2.09. The molecule has 0 unspecified atom stereocenters. The van der Waals surface area contributed by atoms with Gasteiger partial charge in [-0.1, -0.05) is 17.7 Å². The van der Waals surface area contributed by atoms with Gasteiger partial charge in [-0.05, 0) is 13.0 Å². The minimum absolute atomic E-state index is 0.0672. The van der Waals surface area contributed by atoms with E-state index < -0.39 is 0 Å². The Morgan fingerprint density at radius 2 is 2.26 bits per heavy atom. The monoisotopic (exact) mass is 298 g/mol. The molecule has 0 aliphatic carbocycles. The third-order valence-corrected chi connectivity index (χ3v) is 2.90. The van der Waals surface area contributed by atoms with Gasteiger partial charge in [0.1, 0.15) is 5.88 Å². The van der Waals surface area contributed by atoms with Crippen LogP contribution in [-0.4, -0.2) is 26.6 Å². The Kier molecular flexibility index (Phi) is 4.39. The first-order chi connectivity index (χ1) is 9.10. The van der Waals surface area contributed by atoms with Crippen molar-refractivity contribution in [2.24, 2.45) is 0 Å². The Morgan fingerprint density at radius 1 is 1.47 bits per heavy atom. The fraction of sp³-hybridized carbons (Fsp3) is 0.250. The van der Waals surface area contributed by atoms with Gasteiger partial charge in [0, 0.05) is 17.8 Å². The lowest BCUT2D eigenvalue weighted by atomic mass is 10.2. The van der Waals surface area contributed by atoms with E-state index in [2.05, 4.69) is 15.4 Å². The van der Waals surface area contributed by atoms with Crippen molar-refractivity contribution in [1.29, 1.82) is 0 Å². The van der Waals surface area contributed by atoms with Gasteiger partial charge < -0.3 is 5.32 Å². The fourth-order valence-corrected chi connectivity index (χ4v) is 1.80. The Morgan fingerprint density at radius 3 is 2.89 bits per heavy atom. The molecule has 0 radical (unpaired) electrons. The first kappa shape index (κ1) is 13.8. The molecule has 100 valence electrons. The van der Waals surface area contributed by atoms with E-state index in [4.69, 9.17) is 23.2 Å². The summed E-state index contributed by atoms with van der Waals surface area (Å²) in [6, 6.07) is 3.76. The third-order valence-electron chi connectivity index (χ3n) is 2.46. The maximum atomic E-state index is 11.2. The first-order valence-electron chi connectivity index (χ1n) is 5.60. The minimum atomic E-state index is -0.230. The van der Waals surface area contributed by atoms with Gasteiger partial charge in [-0.2, -0.15) is 5.10 Å². The van der Waals surface area contributed by atoms with Crippen LogP contribution in [0.15, 0.2) is 24.5 Å². The average molecular weight is 299 g/mol. The zero-order valence-electron chi connectivity index (χ0n) is 10.2. The predicted octanol–water partition coefficient (Wildman–Crippen LogP) is 2.08. The lowest BCUT2D eigenvalue weighted by molar-refractivity contribution is -0.118. The summed E-state index contributed by atoms with van der Waals surface area (Å²) in [4.78, 5) is 15.6. The van der Waals surface area contributed by atoms with Crippen molar-refractivity contribution in [2.75, 3.05) is 5.88 Å². The molecule has 0 saturated carbocycles. The second-order valence-corrected chi connectivity index (χ2v) is 4.65. The largest absolute Gasteiger partial charge is 0.351 e. The van der Waals surface area contributed by atoms with E-state index in [0.29, 0.717) is 17.4 Å². The van der Waals surface area contributed by atoms with Crippen molar-refractivity contribution >= 4 is 29.1 Å². The summed E-state index contributed by atoms with van der Waals surface area (Å²) in [5.74, 6) is 0.343. The van der Waals surface area contributed by atoms with Gasteiger partial charge in [-0.3, -0.25) is 4.79 Å².